The quantitative estimate of drug-likeness (QED) is 0.795. The summed E-state index contributed by atoms with van der Waals surface area (Å²) in [5.74, 6) is 2.75. The number of Topliss-reactive ketones (excluding diaryl/α,β-unsaturated/α-hetero) is 2. The van der Waals surface area contributed by atoms with Gasteiger partial charge >= 0.3 is 0 Å². The number of aliphatic hydroxyl groups is 1. The van der Waals surface area contributed by atoms with Crippen molar-refractivity contribution in [3.05, 3.63) is 0 Å². The molecule has 0 radical (unpaired) electrons. The first-order valence-electron chi connectivity index (χ1n) is 9.97. The molecule has 3 heteroatoms. The fourth-order valence-electron chi connectivity index (χ4n) is 7.74. The van der Waals surface area contributed by atoms with Crippen molar-refractivity contribution in [2.45, 2.75) is 78.2 Å². The summed E-state index contributed by atoms with van der Waals surface area (Å²) < 4.78 is 0. The molecule has 0 aromatic rings. The second-order valence-corrected chi connectivity index (χ2v) is 9.83. The summed E-state index contributed by atoms with van der Waals surface area (Å²) in [5.41, 5.74) is 0.256. The summed E-state index contributed by atoms with van der Waals surface area (Å²) in [6.45, 7) is 6.41. The van der Waals surface area contributed by atoms with Gasteiger partial charge in [0.15, 0.2) is 0 Å². The number of rotatable bonds is 1. The molecule has 0 bridgehead atoms. The smallest absolute Gasteiger partial charge is 0.133 e. The lowest BCUT2D eigenvalue weighted by molar-refractivity contribution is -0.148. The number of hydrogen-bond acceptors (Lipinski definition) is 3. The van der Waals surface area contributed by atoms with Crippen molar-refractivity contribution >= 4 is 11.6 Å². The van der Waals surface area contributed by atoms with Crippen molar-refractivity contribution in [2.75, 3.05) is 0 Å². The Morgan fingerprint density at radius 2 is 1.88 bits per heavy atom. The van der Waals surface area contributed by atoms with Crippen molar-refractivity contribution in [3.8, 4) is 0 Å². The van der Waals surface area contributed by atoms with Crippen molar-refractivity contribution < 1.29 is 14.7 Å². The van der Waals surface area contributed by atoms with Crippen LogP contribution >= 0.6 is 0 Å². The van der Waals surface area contributed by atoms with Gasteiger partial charge in [0.1, 0.15) is 11.6 Å². The highest BCUT2D eigenvalue weighted by atomic mass is 16.3. The maximum absolute atomic E-state index is 12.2. The van der Waals surface area contributed by atoms with E-state index >= 15 is 0 Å². The first kappa shape index (κ1) is 16.8. The van der Waals surface area contributed by atoms with Crippen molar-refractivity contribution in [2.24, 2.45) is 40.4 Å². The Balaban J connectivity index is 1.66. The molecule has 4 saturated carbocycles. The number of carbonyl (C=O) groups excluding carboxylic acids is 2. The molecule has 0 aromatic carbocycles. The molecule has 1 N–H and O–H groups in total. The van der Waals surface area contributed by atoms with Crippen LogP contribution in [0.2, 0.25) is 0 Å². The molecule has 4 fully saturated rings. The maximum Gasteiger partial charge on any atom is 0.133 e. The van der Waals surface area contributed by atoms with Crippen LogP contribution in [-0.4, -0.2) is 22.8 Å². The lowest BCUT2D eigenvalue weighted by atomic mass is 9.44. The van der Waals surface area contributed by atoms with Gasteiger partial charge in [0, 0.05) is 18.8 Å². The van der Waals surface area contributed by atoms with Gasteiger partial charge in [-0.25, -0.2) is 0 Å². The first-order valence-corrected chi connectivity index (χ1v) is 9.97. The van der Waals surface area contributed by atoms with Gasteiger partial charge in [-0.15, -0.1) is 0 Å². The molecule has 0 saturated heterocycles. The van der Waals surface area contributed by atoms with E-state index in [1.807, 2.05) is 0 Å². The van der Waals surface area contributed by atoms with E-state index in [2.05, 4.69) is 13.8 Å². The van der Waals surface area contributed by atoms with E-state index < -0.39 is 0 Å². The number of hydrogen-bond donors (Lipinski definition) is 1. The molecule has 0 aromatic heterocycles. The van der Waals surface area contributed by atoms with Gasteiger partial charge in [0.25, 0.3) is 0 Å². The fourth-order valence-corrected chi connectivity index (χ4v) is 7.74. The summed E-state index contributed by atoms with van der Waals surface area (Å²) in [4.78, 5) is 24.1. The number of aliphatic hydroxyl groups excluding tert-OH is 1. The van der Waals surface area contributed by atoms with Gasteiger partial charge in [0.2, 0.25) is 0 Å². The maximum atomic E-state index is 12.2. The van der Waals surface area contributed by atoms with Crippen LogP contribution < -0.4 is 0 Å². The average molecular weight is 332 g/mol. The van der Waals surface area contributed by atoms with Gasteiger partial charge in [-0.3, -0.25) is 9.59 Å². The van der Waals surface area contributed by atoms with Crippen LogP contribution in [0.1, 0.15) is 72.1 Å². The van der Waals surface area contributed by atoms with E-state index in [4.69, 9.17) is 0 Å². The molecular weight excluding hydrogens is 300 g/mol. The van der Waals surface area contributed by atoms with E-state index in [-0.39, 0.29) is 34.6 Å². The molecule has 0 heterocycles. The van der Waals surface area contributed by atoms with Gasteiger partial charge in [-0.1, -0.05) is 13.8 Å². The third-order valence-corrected chi connectivity index (χ3v) is 8.96. The Morgan fingerprint density at radius 3 is 2.58 bits per heavy atom. The highest BCUT2D eigenvalue weighted by Crippen LogP contribution is 2.67. The number of fused-ring (bicyclic) bond motifs is 5. The molecule has 0 aliphatic heterocycles. The molecular formula is C21H32O3. The zero-order valence-corrected chi connectivity index (χ0v) is 15.4. The summed E-state index contributed by atoms with van der Waals surface area (Å²) in [6, 6.07) is 0. The SMILES string of the molecule is CC(=O)[C@H]1C[C@@H](O)[C@H]2[C@@H]3CC[C@@H]4CC(=O)CC[C@]4(C)[C@H]3CC[C@@]21C. The predicted molar refractivity (Wildman–Crippen MR) is 92.3 cm³/mol. The molecule has 0 spiro atoms. The van der Waals surface area contributed by atoms with Gasteiger partial charge in [-0.2, -0.15) is 0 Å². The fraction of sp³-hybridized carbons (Fsp3) is 0.905. The Hall–Kier alpha value is -0.700. The van der Waals surface area contributed by atoms with Crippen LogP contribution in [0.25, 0.3) is 0 Å². The Bertz CT molecular complexity index is 569. The zero-order chi connectivity index (χ0) is 17.3. The van der Waals surface area contributed by atoms with Crippen LogP contribution in [-0.2, 0) is 9.59 Å². The Kier molecular flexibility index (Phi) is 3.77. The van der Waals surface area contributed by atoms with Crippen molar-refractivity contribution in [1.82, 2.24) is 0 Å². The third-order valence-electron chi connectivity index (χ3n) is 8.96. The monoisotopic (exact) mass is 332 g/mol. The minimum Gasteiger partial charge on any atom is -0.393 e. The highest BCUT2D eigenvalue weighted by molar-refractivity contribution is 5.80. The molecule has 24 heavy (non-hydrogen) atoms. The lowest BCUT2D eigenvalue weighted by Gasteiger charge is -2.60. The van der Waals surface area contributed by atoms with Crippen LogP contribution in [0.4, 0.5) is 0 Å². The minimum atomic E-state index is -0.318. The van der Waals surface area contributed by atoms with E-state index in [1.165, 1.54) is 6.42 Å². The topological polar surface area (TPSA) is 54.4 Å². The summed E-state index contributed by atoms with van der Waals surface area (Å²) in [5, 5.41) is 10.9. The van der Waals surface area contributed by atoms with Crippen LogP contribution in [0.5, 0.6) is 0 Å². The van der Waals surface area contributed by atoms with E-state index in [0.717, 1.165) is 38.5 Å². The standard InChI is InChI=1S/C21H32O3/c1-12(22)17-11-18(24)19-15-5-4-13-10-14(23)6-8-20(13,2)16(15)7-9-21(17,19)3/h13,15-19,24H,4-11H2,1-3H3/t13-,15-,16+,17-,18-,19-,20+,21-/m1/s1. The highest BCUT2D eigenvalue weighted by Gasteiger charge is 2.63. The third kappa shape index (κ3) is 2.12. The largest absolute Gasteiger partial charge is 0.393 e. The lowest BCUT2D eigenvalue weighted by Crippen LogP contribution is -2.55. The molecule has 8 atom stereocenters. The van der Waals surface area contributed by atoms with Gasteiger partial charge in [-0.05, 0) is 80.0 Å². The van der Waals surface area contributed by atoms with Gasteiger partial charge in [0.05, 0.1) is 6.10 Å². The normalized spacial score (nSPS) is 53.9. The van der Waals surface area contributed by atoms with E-state index in [0.29, 0.717) is 30.0 Å². The second kappa shape index (κ2) is 5.40. The molecule has 4 rings (SSSR count). The van der Waals surface area contributed by atoms with E-state index in [9.17, 15) is 14.7 Å². The number of ketones is 2. The second-order valence-electron chi connectivity index (χ2n) is 9.83. The summed E-state index contributed by atoms with van der Waals surface area (Å²) in [6.07, 6.45) is 7.42. The minimum absolute atomic E-state index is 0.0138. The molecule has 3 nitrogen and oxygen atoms in total. The van der Waals surface area contributed by atoms with Crippen molar-refractivity contribution in [1.29, 1.82) is 0 Å². The predicted octanol–water partition coefficient (Wildman–Crippen LogP) is 3.77. The average Bonchev–Trinajstić information content (AvgIpc) is 2.80. The summed E-state index contributed by atoms with van der Waals surface area (Å²) >= 11 is 0. The van der Waals surface area contributed by atoms with Crippen LogP contribution in [0.3, 0.4) is 0 Å². The Morgan fingerprint density at radius 1 is 1.12 bits per heavy atom. The van der Waals surface area contributed by atoms with Crippen molar-refractivity contribution in [3.63, 3.8) is 0 Å². The van der Waals surface area contributed by atoms with Crippen LogP contribution in [0, 0.1) is 40.4 Å². The Labute approximate surface area is 145 Å². The molecule has 0 unspecified atom stereocenters. The first-order chi connectivity index (χ1) is 11.3. The van der Waals surface area contributed by atoms with Crippen LogP contribution in [0.15, 0.2) is 0 Å². The molecule has 4 aliphatic carbocycles. The summed E-state index contributed by atoms with van der Waals surface area (Å²) in [7, 11) is 0. The number of carbonyl (C=O) groups is 2. The molecule has 0 amide bonds. The zero-order valence-electron chi connectivity index (χ0n) is 15.4. The van der Waals surface area contributed by atoms with E-state index in [1.54, 1.807) is 6.92 Å². The molecule has 134 valence electrons. The molecule has 4 aliphatic rings. The van der Waals surface area contributed by atoms with Gasteiger partial charge < -0.3 is 5.11 Å².